The van der Waals surface area contributed by atoms with E-state index in [1.165, 1.54) is 75.3 Å². The number of anilines is 4. The number of methoxy groups -OCH3 is 4. The molecule has 6 aromatic rings. The Hall–Kier alpha value is -5.32. The first-order valence-corrected chi connectivity index (χ1v) is 37.1. The third-order valence-electron chi connectivity index (χ3n) is 16.1. The first-order valence-electron chi connectivity index (χ1n) is 30.5. The zero-order valence-electron chi connectivity index (χ0n) is 54.3. The Kier molecular flexibility index (Phi) is 25.8. The van der Waals surface area contributed by atoms with Crippen LogP contribution in [-0.4, -0.2) is 238 Å². The number of nitrogen functional groups attached to an aromatic ring is 4. The van der Waals surface area contributed by atoms with Gasteiger partial charge in [0.1, 0.15) is 109 Å². The van der Waals surface area contributed by atoms with Crippen LogP contribution in [0.15, 0.2) is 47.3 Å². The number of ether oxygens (including phenoxy) is 12. The summed E-state index contributed by atoms with van der Waals surface area (Å²) in [5, 5.41) is 11.8. The predicted molar refractivity (Wildman–Crippen MR) is 343 cm³/mol. The molecular formula is C53H76N16O25P3S2-3. The third kappa shape index (κ3) is 17.7. The number of nitrogens with zero attached hydrogens (tertiary/aromatic N) is 12. The van der Waals surface area contributed by atoms with Crippen LogP contribution in [0.4, 0.5) is 23.3 Å². The molecule has 41 nitrogen and oxygen atoms in total. The van der Waals surface area contributed by atoms with Crippen molar-refractivity contribution in [1.29, 1.82) is 0 Å². The van der Waals surface area contributed by atoms with Crippen molar-refractivity contribution in [3.05, 3.63) is 69.8 Å². The van der Waals surface area contributed by atoms with E-state index in [1.54, 1.807) is 20.8 Å². The van der Waals surface area contributed by atoms with E-state index in [4.69, 9.17) is 131 Å². The molecule has 0 aliphatic carbocycles. The molecular weight excluding hydrogens is 1420 g/mol. The van der Waals surface area contributed by atoms with E-state index in [2.05, 4.69) is 39.9 Å². The smallest absolute Gasteiger partial charge is 0.351 e. The molecule has 0 aromatic carbocycles. The summed E-state index contributed by atoms with van der Waals surface area (Å²) in [4.78, 5) is 89.6. The molecule has 19 atom stereocenters. The molecule has 6 aromatic heterocycles. The van der Waals surface area contributed by atoms with Crippen LogP contribution < -0.4 is 44.1 Å². The van der Waals surface area contributed by atoms with Crippen molar-refractivity contribution >= 4 is 91.0 Å². The molecule has 0 bridgehead atoms. The fourth-order valence-electron chi connectivity index (χ4n) is 11.3. The number of phosphoric acid groups is 1. The lowest BCUT2D eigenvalue weighted by Crippen LogP contribution is -2.42. The minimum Gasteiger partial charge on any atom is -0.780 e. The van der Waals surface area contributed by atoms with Crippen LogP contribution in [0.25, 0.3) is 22.3 Å². The van der Waals surface area contributed by atoms with E-state index in [-0.39, 0.29) is 105 Å². The molecule has 0 spiro atoms. The number of hydrogen-bond donors (Lipinski definition) is 5. The quantitative estimate of drug-likeness (QED) is 0.0170. The van der Waals surface area contributed by atoms with Crippen LogP contribution in [0.5, 0.6) is 0 Å². The number of hydrogen-bond acceptors (Lipinski definition) is 39. The second-order valence-corrected chi connectivity index (χ2v) is 29.3. The van der Waals surface area contributed by atoms with Gasteiger partial charge in [-0.3, -0.25) is 27.4 Å². The van der Waals surface area contributed by atoms with Gasteiger partial charge in [0.2, 0.25) is 0 Å². The number of rotatable bonds is 36. The maximum absolute atomic E-state index is 15.1. The van der Waals surface area contributed by atoms with E-state index in [9.17, 15) is 28.7 Å². The zero-order valence-corrected chi connectivity index (χ0v) is 58.6. The lowest BCUT2D eigenvalue weighted by Gasteiger charge is -2.36. The molecule has 4 aliphatic rings. The molecule has 99 heavy (non-hydrogen) atoms. The number of aliphatic hydroxyl groups excluding tert-OH is 1. The highest BCUT2D eigenvalue weighted by atomic mass is 32.7. The second-order valence-electron chi connectivity index (χ2n) is 22.6. The highest BCUT2D eigenvalue weighted by Crippen LogP contribution is 2.54. The van der Waals surface area contributed by atoms with Gasteiger partial charge in [0.15, 0.2) is 54.6 Å². The summed E-state index contributed by atoms with van der Waals surface area (Å²) in [7, 11) is 0.0571. The Morgan fingerprint density at radius 2 is 0.919 bits per heavy atom. The Morgan fingerprint density at radius 1 is 0.525 bits per heavy atom. The van der Waals surface area contributed by atoms with Gasteiger partial charge in [0, 0.05) is 52.0 Å². The maximum atomic E-state index is 15.1. The molecule has 4 saturated heterocycles. The summed E-state index contributed by atoms with van der Waals surface area (Å²) < 4.78 is 141. The highest BCUT2D eigenvalue weighted by molar-refractivity contribution is 8.32. The molecule has 0 saturated carbocycles. The van der Waals surface area contributed by atoms with Crippen LogP contribution >= 0.6 is 21.3 Å². The predicted octanol–water partition coefficient (Wildman–Crippen LogP) is -1.47. The summed E-state index contributed by atoms with van der Waals surface area (Å²) in [6.07, 6.45) is -15.0. The van der Waals surface area contributed by atoms with Gasteiger partial charge in [-0.2, -0.15) is 9.97 Å². The fourth-order valence-corrected chi connectivity index (χ4v) is 15.1. The number of imidazole rings is 2. The minimum atomic E-state index is -5.60. The van der Waals surface area contributed by atoms with Gasteiger partial charge in [-0.25, -0.2) is 39.5 Å². The van der Waals surface area contributed by atoms with Crippen molar-refractivity contribution in [2.75, 3.05) is 124 Å². The summed E-state index contributed by atoms with van der Waals surface area (Å²) in [5.74, 6) is -0.117. The Morgan fingerprint density at radius 3 is 1.38 bits per heavy atom. The van der Waals surface area contributed by atoms with Crippen LogP contribution in [-0.2, 0) is 117 Å². The SMILES string of the molecule is CC[C@H]1O[C@@H](n2cc(C)c(N)nc2=O)[C@@H](OCCOC)C1OP(=O)([O-])OC[C@H]1O[C@@H](n2cc(C)c(N)nc2=O)[C@@H](OCCOC)C1OP([O-])(=S)OC[C@H]1O[C@@H](n2cnc3c(N)ncnc32)[C@@H](OCCOC)C1OP(=O)([S-])OC[C@H]1O[C@@H](n2cnc3c(N)ncnc32)[C@@H](OCCOC)C1O. The molecule has 0 amide bonds. The molecule has 4 fully saturated rings. The van der Waals surface area contributed by atoms with Crippen LogP contribution in [0.3, 0.4) is 0 Å². The molecule has 10 rings (SSSR count). The van der Waals surface area contributed by atoms with E-state index >= 15 is 4.89 Å². The number of aryl methyl sites for hydroxylation is 2. The van der Waals surface area contributed by atoms with E-state index in [0.29, 0.717) is 11.1 Å². The minimum absolute atomic E-state index is 0.000464. The standard InChI is InChI=1S/C53H79N16O25P3S2/c1-8-28-35(39(82-14-10-78-5)49(88-28)66-17-26(2)42(54)64-52(66)71)92-95(73,74)85-20-30-36(40(83-15-11-79-6)50(90-30)67-18-27(3)43(55)65-53(67)72)93-97(76,99)87-21-31-37(41(84-16-12-80-7)51(91-31)69-25-63-33-45(57)59-23-61-47(33)69)94-96(75,98)86-19-29-34(70)38(81-13-9-77-4)48(89-29)68-24-62-32-44(56)58-22-60-46(32)68/h17-18,22-25,28-31,34-41,48-51,70H,8-16,19-21H2,1-7H3,(H,73,74)(H,75,98)(H,76,99)(H2,54,64,71)(H2,55,65,72)(H2,56,58,60)(H2,57,59,61)/p-3/t28-,29-,30-,31-,34?,35?,36?,37?,38+,39+,40+,41+,48-,49-,50-,51-,96?,97?/m1/s1. The Bertz CT molecular complexity index is 4000. The first-order chi connectivity index (χ1) is 47.3. The van der Waals surface area contributed by atoms with Crippen LogP contribution in [0.2, 0.25) is 0 Å². The molecule has 9 N–H and O–H groups in total. The van der Waals surface area contributed by atoms with Gasteiger partial charge < -0.3 is 134 Å². The van der Waals surface area contributed by atoms with Crippen molar-refractivity contribution in [1.82, 2.24) is 58.1 Å². The summed E-state index contributed by atoms with van der Waals surface area (Å²) >= 11 is 11.2. The summed E-state index contributed by atoms with van der Waals surface area (Å²) in [6.45, 7) is -8.17. The molecule has 46 heteroatoms. The molecule has 548 valence electrons. The topological polar surface area (TPSA) is 528 Å². The second kappa shape index (κ2) is 33.4. The number of aromatic nitrogens is 12. The van der Waals surface area contributed by atoms with Crippen LogP contribution in [0.1, 0.15) is 49.4 Å². The van der Waals surface area contributed by atoms with E-state index in [0.717, 1.165) is 9.13 Å². The van der Waals surface area contributed by atoms with Gasteiger partial charge in [0.05, 0.1) is 91.4 Å². The average molecular weight is 1490 g/mol. The van der Waals surface area contributed by atoms with E-state index in [1.807, 2.05) is 0 Å². The number of aliphatic hydroxyl groups is 1. The normalized spacial score (nSPS) is 29.0. The van der Waals surface area contributed by atoms with Gasteiger partial charge >= 0.3 is 11.4 Å². The highest BCUT2D eigenvalue weighted by Gasteiger charge is 2.54. The van der Waals surface area contributed by atoms with Gasteiger partial charge in [-0.1, -0.05) is 18.7 Å². The van der Waals surface area contributed by atoms with Gasteiger partial charge in [0.25, 0.3) is 7.82 Å². The molecule has 0 radical (unpaired) electrons. The molecule has 4 aliphatic heterocycles. The third-order valence-corrected chi connectivity index (χ3v) is 20.2. The molecule has 10 heterocycles. The zero-order chi connectivity index (χ0) is 71.1. The lowest BCUT2D eigenvalue weighted by atomic mass is 10.1. The average Bonchev–Trinajstić information content (AvgIpc) is 1.64. The monoisotopic (exact) mass is 1490 g/mol. The Balaban J connectivity index is 0.935. The maximum Gasteiger partial charge on any atom is 0.351 e. The fraction of sp³-hybridized carbons (Fsp3) is 0.660. The molecule has 7 unspecified atom stereocenters. The van der Waals surface area contributed by atoms with Crippen molar-refractivity contribution in [2.45, 2.75) is 125 Å². The Labute approximate surface area is 574 Å². The van der Waals surface area contributed by atoms with Gasteiger partial charge in [-0.15, -0.1) is 0 Å². The summed E-state index contributed by atoms with van der Waals surface area (Å²) in [6, 6.07) is 0. The largest absolute Gasteiger partial charge is 0.780 e. The van der Waals surface area contributed by atoms with Crippen molar-refractivity contribution in [3.8, 4) is 0 Å². The van der Waals surface area contributed by atoms with Crippen molar-refractivity contribution < 1.29 is 108 Å². The first kappa shape index (κ1) is 76.3. The van der Waals surface area contributed by atoms with Crippen molar-refractivity contribution in [2.24, 2.45) is 0 Å². The number of nitrogens with two attached hydrogens (primary N) is 4. The van der Waals surface area contributed by atoms with Crippen LogP contribution in [0, 0.1) is 13.8 Å². The van der Waals surface area contributed by atoms with E-state index < -0.39 is 151 Å². The summed E-state index contributed by atoms with van der Waals surface area (Å²) in [5.41, 5.74) is 23.9. The van der Waals surface area contributed by atoms with Crippen molar-refractivity contribution in [3.63, 3.8) is 0 Å². The number of phosphoric ester groups is 1. The van der Waals surface area contributed by atoms with Gasteiger partial charge in [-0.05, 0) is 20.3 Å². The number of fused-ring (bicyclic) bond motifs is 2. The lowest BCUT2D eigenvalue weighted by molar-refractivity contribution is -0.237.